The summed E-state index contributed by atoms with van der Waals surface area (Å²) in [5.74, 6) is 0.755. The fourth-order valence-electron chi connectivity index (χ4n) is 2.39. The van der Waals surface area contributed by atoms with Crippen molar-refractivity contribution in [1.29, 1.82) is 0 Å². The zero-order chi connectivity index (χ0) is 12.6. The SMILES string of the molecule is C=CCCOCCNC1CC(c2ccccc2)C1. The summed E-state index contributed by atoms with van der Waals surface area (Å²) in [5, 5.41) is 3.54. The molecule has 0 saturated heterocycles. The van der Waals surface area contributed by atoms with E-state index in [9.17, 15) is 0 Å². The molecule has 0 bridgehead atoms. The Hall–Kier alpha value is -1.12. The molecule has 1 fully saturated rings. The highest BCUT2D eigenvalue weighted by Crippen LogP contribution is 2.36. The van der Waals surface area contributed by atoms with Gasteiger partial charge in [0.05, 0.1) is 13.2 Å². The number of ether oxygens (including phenoxy) is 1. The lowest BCUT2D eigenvalue weighted by Gasteiger charge is -2.36. The van der Waals surface area contributed by atoms with E-state index in [2.05, 4.69) is 42.2 Å². The molecule has 18 heavy (non-hydrogen) atoms. The molecule has 0 heterocycles. The summed E-state index contributed by atoms with van der Waals surface area (Å²) in [7, 11) is 0. The van der Waals surface area contributed by atoms with Gasteiger partial charge >= 0.3 is 0 Å². The third-order valence-electron chi connectivity index (χ3n) is 3.55. The summed E-state index contributed by atoms with van der Waals surface area (Å²) in [5.41, 5.74) is 1.48. The second-order valence-corrected chi connectivity index (χ2v) is 4.92. The fourth-order valence-corrected chi connectivity index (χ4v) is 2.39. The van der Waals surface area contributed by atoms with Crippen LogP contribution >= 0.6 is 0 Å². The molecule has 1 N–H and O–H groups in total. The van der Waals surface area contributed by atoms with Crippen LogP contribution in [0.5, 0.6) is 0 Å². The molecule has 0 spiro atoms. The standard InChI is InChI=1S/C16H23NO/c1-2-3-10-18-11-9-17-16-12-15(13-16)14-7-5-4-6-8-14/h2,4-8,15-17H,1,3,9-13H2. The largest absolute Gasteiger partial charge is 0.380 e. The number of benzene rings is 1. The van der Waals surface area contributed by atoms with E-state index in [1.807, 2.05) is 6.08 Å². The topological polar surface area (TPSA) is 21.3 Å². The van der Waals surface area contributed by atoms with Crippen LogP contribution in [0, 0.1) is 0 Å². The minimum Gasteiger partial charge on any atom is -0.380 e. The average molecular weight is 245 g/mol. The molecule has 1 aliphatic rings. The van der Waals surface area contributed by atoms with Crippen LogP contribution in [0.4, 0.5) is 0 Å². The van der Waals surface area contributed by atoms with E-state index in [-0.39, 0.29) is 0 Å². The van der Waals surface area contributed by atoms with Crippen LogP contribution in [0.2, 0.25) is 0 Å². The second kappa shape index (κ2) is 7.34. The minimum atomic E-state index is 0.679. The minimum absolute atomic E-state index is 0.679. The Morgan fingerprint density at radius 1 is 1.22 bits per heavy atom. The lowest BCUT2D eigenvalue weighted by Crippen LogP contribution is -2.41. The van der Waals surface area contributed by atoms with Gasteiger partial charge in [-0.25, -0.2) is 0 Å². The third kappa shape index (κ3) is 3.97. The smallest absolute Gasteiger partial charge is 0.0591 e. The molecule has 0 aromatic heterocycles. The van der Waals surface area contributed by atoms with Crippen molar-refractivity contribution >= 4 is 0 Å². The highest BCUT2D eigenvalue weighted by atomic mass is 16.5. The van der Waals surface area contributed by atoms with Crippen molar-refractivity contribution in [3.8, 4) is 0 Å². The molecule has 98 valence electrons. The van der Waals surface area contributed by atoms with Crippen LogP contribution < -0.4 is 5.32 Å². The quantitative estimate of drug-likeness (QED) is 0.561. The molecule has 2 heteroatoms. The van der Waals surface area contributed by atoms with Gasteiger partial charge in [0.25, 0.3) is 0 Å². The Bertz CT molecular complexity index is 343. The monoisotopic (exact) mass is 245 g/mol. The molecule has 1 aromatic carbocycles. The molecule has 0 radical (unpaired) electrons. The molecule has 0 amide bonds. The molecule has 2 nitrogen and oxygen atoms in total. The highest BCUT2D eigenvalue weighted by molar-refractivity contribution is 5.22. The van der Waals surface area contributed by atoms with Crippen molar-refractivity contribution in [2.75, 3.05) is 19.8 Å². The van der Waals surface area contributed by atoms with E-state index in [4.69, 9.17) is 4.74 Å². The highest BCUT2D eigenvalue weighted by Gasteiger charge is 2.29. The fraction of sp³-hybridized carbons (Fsp3) is 0.500. The molecule has 0 unspecified atom stereocenters. The van der Waals surface area contributed by atoms with Crippen LogP contribution in [0.1, 0.15) is 30.7 Å². The first-order valence-corrected chi connectivity index (χ1v) is 6.87. The van der Waals surface area contributed by atoms with Gasteiger partial charge in [-0.15, -0.1) is 6.58 Å². The van der Waals surface area contributed by atoms with Crippen LogP contribution in [0.25, 0.3) is 0 Å². The van der Waals surface area contributed by atoms with Gasteiger partial charge in [0.15, 0.2) is 0 Å². The molecular weight excluding hydrogens is 222 g/mol. The zero-order valence-corrected chi connectivity index (χ0v) is 11.0. The third-order valence-corrected chi connectivity index (χ3v) is 3.55. The van der Waals surface area contributed by atoms with E-state index in [1.54, 1.807) is 0 Å². The molecule has 0 atom stereocenters. The Morgan fingerprint density at radius 2 is 2.00 bits per heavy atom. The lowest BCUT2D eigenvalue weighted by molar-refractivity contribution is 0.133. The van der Waals surface area contributed by atoms with Crippen molar-refractivity contribution in [3.05, 3.63) is 48.6 Å². The molecule has 1 aliphatic carbocycles. The predicted octanol–water partition coefficient (Wildman–Crippen LogP) is 3.11. The van der Waals surface area contributed by atoms with Crippen molar-refractivity contribution in [2.24, 2.45) is 0 Å². The Balaban J connectivity index is 1.53. The Kier molecular flexibility index (Phi) is 5.43. The molecule has 2 rings (SSSR count). The van der Waals surface area contributed by atoms with Crippen molar-refractivity contribution < 1.29 is 4.74 Å². The summed E-state index contributed by atoms with van der Waals surface area (Å²) in [6, 6.07) is 11.5. The van der Waals surface area contributed by atoms with Crippen LogP contribution in [0.3, 0.4) is 0 Å². The molecule has 1 aromatic rings. The average Bonchev–Trinajstić information content (AvgIpc) is 2.36. The van der Waals surface area contributed by atoms with Gasteiger partial charge in [0, 0.05) is 12.6 Å². The van der Waals surface area contributed by atoms with Gasteiger partial charge in [-0.2, -0.15) is 0 Å². The molecule has 1 saturated carbocycles. The number of rotatable bonds is 8. The van der Waals surface area contributed by atoms with Gasteiger partial charge in [0.2, 0.25) is 0 Å². The van der Waals surface area contributed by atoms with E-state index in [0.29, 0.717) is 6.04 Å². The van der Waals surface area contributed by atoms with Crippen molar-refractivity contribution in [1.82, 2.24) is 5.32 Å². The zero-order valence-electron chi connectivity index (χ0n) is 11.0. The van der Waals surface area contributed by atoms with Crippen molar-refractivity contribution in [2.45, 2.75) is 31.2 Å². The van der Waals surface area contributed by atoms with E-state index >= 15 is 0 Å². The van der Waals surface area contributed by atoms with Gasteiger partial charge in [0.1, 0.15) is 0 Å². The van der Waals surface area contributed by atoms with Crippen LogP contribution in [-0.2, 0) is 4.74 Å². The van der Waals surface area contributed by atoms with Gasteiger partial charge in [-0.3, -0.25) is 0 Å². The summed E-state index contributed by atoms with van der Waals surface area (Å²) >= 11 is 0. The maximum absolute atomic E-state index is 5.47. The van der Waals surface area contributed by atoms with Crippen molar-refractivity contribution in [3.63, 3.8) is 0 Å². The van der Waals surface area contributed by atoms with Gasteiger partial charge in [-0.1, -0.05) is 36.4 Å². The maximum atomic E-state index is 5.47. The Morgan fingerprint density at radius 3 is 2.72 bits per heavy atom. The van der Waals surface area contributed by atoms with E-state index in [0.717, 1.165) is 32.1 Å². The predicted molar refractivity (Wildman–Crippen MR) is 75.8 cm³/mol. The summed E-state index contributed by atoms with van der Waals surface area (Å²) in [6.07, 6.45) is 5.36. The Labute approximate surface area is 110 Å². The maximum Gasteiger partial charge on any atom is 0.0591 e. The van der Waals surface area contributed by atoms with E-state index in [1.165, 1.54) is 18.4 Å². The first-order chi connectivity index (χ1) is 8.90. The van der Waals surface area contributed by atoms with Gasteiger partial charge in [-0.05, 0) is 30.7 Å². The first kappa shape index (κ1) is 13.3. The summed E-state index contributed by atoms with van der Waals surface area (Å²) in [4.78, 5) is 0. The second-order valence-electron chi connectivity index (χ2n) is 4.92. The first-order valence-electron chi connectivity index (χ1n) is 6.87. The normalized spacial score (nSPS) is 22.4. The summed E-state index contributed by atoms with van der Waals surface area (Å²) < 4.78 is 5.47. The lowest BCUT2D eigenvalue weighted by atomic mass is 9.76. The van der Waals surface area contributed by atoms with Gasteiger partial charge < -0.3 is 10.1 Å². The summed E-state index contributed by atoms with van der Waals surface area (Å²) in [6.45, 7) is 6.23. The number of hydrogen-bond acceptors (Lipinski definition) is 2. The molecular formula is C16H23NO. The van der Waals surface area contributed by atoms with Crippen LogP contribution in [-0.4, -0.2) is 25.8 Å². The molecule has 0 aliphatic heterocycles. The van der Waals surface area contributed by atoms with E-state index < -0.39 is 0 Å². The number of nitrogens with one attached hydrogen (secondary N) is 1. The number of hydrogen-bond donors (Lipinski definition) is 1. The van der Waals surface area contributed by atoms with Crippen LogP contribution in [0.15, 0.2) is 43.0 Å².